The molecular weight excluding hydrogens is 541 g/mol. The molecule has 5 rings (SSSR count). The zero-order chi connectivity index (χ0) is 29.3. The Labute approximate surface area is 241 Å². The maximum absolute atomic E-state index is 15.1. The number of aromatic nitrogens is 3. The number of anilines is 3. The van der Waals surface area contributed by atoms with Gasteiger partial charge in [-0.15, -0.1) is 0 Å². The molecule has 0 atom stereocenters. The molecule has 0 bridgehead atoms. The summed E-state index contributed by atoms with van der Waals surface area (Å²) < 4.78 is 25.7. The summed E-state index contributed by atoms with van der Waals surface area (Å²) in [5.41, 5.74) is 8.99. The van der Waals surface area contributed by atoms with Gasteiger partial charge in [0.15, 0.2) is 11.5 Å². The molecule has 2 aromatic carbocycles. The van der Waals surface area contributed by atoms with Crippen molar-refractivity contribution in [1.82, 2.24) is 20.3 Å². The lowest BCUT2D eigenvalue weighted by Gasteiger charge is -2.30. The van der Waals surface area contributed by atoms with Gasteiger partial charge < -0.3 is 30.7 Å². The Bertz CT molecular complexity index is 1550. The van der Waals surface area contributed by atoms with Gasteiger partial charge in [-0.05, 0) is 35.7 Å². The van der Waals surface area contributed by atoms with Crippen molar-refractivity contribution in [3.05, 3.63) is 95.8 Å². The number of pyridine rings is 1. The Morgan fingerprint density at radius 3 is 2.64 bits per heavy atom. The molecule has 216 valence electrons. The van der Waals surface area contributed by atoms with Crippen LogP contribution in [0.25, 0.3) is 11.3 Å². The van der Waals surface area contributed by atoms with Crippen LogP contribution >= 0.6 is 0 Å². The van der Waals surface area contributed by atoms with E-state index in [4.69, 9.17) is 15.2 Å². The smallest absolute Gasteiger partial charge is 0.407 e. The van der Waals surface area contributed by atoms with Gasteiger partial charge in [-0.3, -0.25) is 9.78 Å². The average molecular weight is 572 g/mol. The van der Waals surface area contributed by atoms with E-state index in [1.807, 2.05) is 36.4 Å². The predicted octanol–water partition coefficient (Wildman–Crippen LogP) is 3.82. The first-order chi connectivity index (χ1) is 20.5. The fourth-order valence-electron chi connectivity index (χ4n) is 4.45. The Morgan fingerprint density at radius 2 is 1.86 bits per heavy atom. The van der Waals surface area contributed by atoms with Crippen LogP contribution in [0.5, 0.6) is 0 Å². The number of benzene rings is 2. The van der Waals surface area contributed by atoms with Gasteiger partial charge in [0, 0.05) is 31.4 Å². The Kier molecular flexibility index (Phi) is 9.14. The second-order valence-corrected chi connectivity index (χ2v) is 9.49. The van der Waals surface area contributed by atoms with Gasteiger partial charge in [0.1, 0.15) is 12.4 Å². The molecule has 42 heavy (non-hydrogen) atoms. The summed E-state index contributed by atoms with van der Waals surface area (Å²) >= 11 is 0. The van der Waals surface area contributed by atoms with Gasteiger partial charge in [0.05, 0.1) is 42.7 Å². The number of carbonyl (C=O) groups excluding carboxylic acids is 2. The SMILES string of the molecule is Nc1ncc(-c2ccc(CCNC(=O)OCc3ccccc3)cc2F)nc1C(=O)Nc1cnccc1N1CCOCC1. The number of hydrogen-bond acceptors (Lipinski definition) is 9. The van der Waals surface area contributed by atoms with Crippen LogP contribution in [0.1, 0.15) is 21.6 Å². The Hall–Kier alpha value is -5.10. The molecule has 4 N–H and O–H groups in total. The summed E-state index contributed by atoms with van der Waals surface area (Å²) in [5, 5.41) is 5.47. The quantitative estimate of drug-likeness (QED) is 0.273. The number of halogens is 1. The average Bonchev–Trinajstić information content (AvgIpc) is 3.02. The summed E-state index contributed by atoms with van der Waals surface area (Å²) in [4.78, 5) is 39.8. The van der Waals surface area contributed by atoms with Crippen LogP contribution in [-0.2, 0) is 22.5 Å². The lowest BCUT2D eigenvalue weighted by Crippen LogP contribution is -2.36. The van der Waals surface area contributed by atoms with Crippen molar-refractivity contribution in [3.8, 4) is 11.3 Å². The van der Waals surface area contributed by atoms with Crippen LogP contribution < -0.4 is 21.3 Å². The van der Waals surface area contributed by atoms with E-state index < -0.39 is 17.8 Å². The minimum Gasteiger partial charge on any atom is -0.445 e. The first-order valence-electron chi connectivity index (χ1n) is 13.4. The highest BCUT2D eigenvalue weighted by molar-refractivity contribution is 6.07. The minimum atomic E-state index is -0.591. The highest BCUT2D eigenvalue weighted by Gasteiger charge is 2.20. The van der Waals surface area contributed by atoms with Crippen LogP contribution in [0.15, 0.2) is 73.2 Å². The molecule has 11 nitrogen and oxygen atoms in total. The number of nitrogens with two attached hydrogens (primary N) is 1. The number of hydrogen-bond donors (Lipinski definition) is 3. The summed E-state index contributed by atoms with van der Waals surface area (Å²) in [7, 11) is 0. The maximum Gasteiger partial charge on any atom is 0.407 e. The molecule has 3 heterocycles. The zero-order valence-electron chi connectivity index (χ0n) is 22.8. The zero-order valence-corrected chi connectivity index (χ0v) is 22.8. The fourth-order valence-corrected chi connectivity index (χ4v) is 4.45. The fraction of sp³-hybridized carbons (Fsp3) is 0.233. The number of amides is 2. The predicted molar refractivity (Wildman–Crippen MR) is 155 cm³/mol. The van der Waals surface area contributed by atoms with Crippen LogP contribution in [0.4, 0.5) is 26.4 Å². The molecule has 12 heteroatoms. The van der Waals surface area contributed by atoms with E-state index in [9.17, 15) is 9.59 Å². The Morgan fingerprint density at radius 1 is 1.05 bits per heavy atom. The third-order valence-corrected chi connectivity index (χ3v) is 6.62. The molecule has 1 saturated heterocycles. The van der Waals surface area contributed by atoms with Crippen LogP contribution in [0.2, 0.25) is 0 Å². The third-order valence-electron chi connectivity index (χ3n) is 6.62. The van der Waals surface area contributed by atoms with Gasteiger partial charge in [-0.25, -0.2) is 19.2 Å². The van der Waals surface area contributed by atoms with E-state index in [0.717, 1.165) is 11.3 Å². The van der Waals surface area contributed by atoms with Gasteiger partial charge >= 0.3 is 6.09 Å². The number of ether oxygens (including phenoxy) is 2. The van der Waals surface area contributed by atoms with E-state index in [1.165, 1.54) is 12.3 Å². The normalized spacial score (nSPS) is 12.9. The highest BCUT2D eigenvalue weighted by atomic mass is 19.1. The first kappa shape index (κ1) is 28.4. The number of nitrogen functional groups attached to an aromatic ring is 1. The summed E-state index contributed by atoms with van der Waals surface area (Å²) in [6.07, 6.45) is 4.34. The van der Waals surface area contributed by atoms with Crippen molar-refractivity contribution >= 4 is 29.2 Å². The van der Waals surface area contributed by atoms with Crippen LogP contribution in [0.3, 0.4) is 0 Å². The molecule has 0 aliphatic carbocycles. The first-order valence-corrected chi connectivity index (χ1v) is 13.4. The maximum atomic E-state index is 15.1. The second kappa shape index (κ2) is 13.5. The molecule has 1 aliphatic heterocycles. The van der Waals surface area contributed by atoms with E-state index in [0.29, 0.717) is 44.0 Å². The summed E-state index contributed by atoms with van der Waals surface area (Å²) in [6, 6.07) is 15.8. The largest absolute Gasteiger partial charge is 0.445 e. The molecule has 2 amide bonds. The van der Waals surface area contributed by atoms with Crippen molar-refractivity contribution in [3.63, 3.8) is 0 Å². The van der Waals surface area contributed by atoms with E-state index in [-0.39, 0.29) is 35.9 Å². The lowest BCUT2D eigenvalue weighted by molar-refractivity contribution is 0.102. The number of carbonyl (C=O) groups is 2. The van der Waals surface area contributed by atoms with E-state index in [1.54, 1.807) is 24.5 Å². The van der Waals surface area contributed by atoms with Gasteiger partial charge in [0.2, 0.25) is 0 Å². The molecular formula is C30H30FN7O4. The molecule has 0 spiro atoms. The van der Waals surface area contributed by atoms with Crippen molar-refractivity contribution in [2.45, 2.75) is 13.0 Å². The Balaban J connectivity index is 1.22. The summed E-state index contributed by atoms with van der Waals surface area (Å²) in [6.45, 7) is 2.94. The van der Waals surface area contributed by atoms with E-state index in [2.05, 4.69) is 30.5 Å². The second-order valence-electron chi connectivity index (χ2n) is 9.49. The number of morpholine rings is 1. The number of nitrogens with one attached hydrogen (secondary N) is 2. The number of nitrogens with zero attached hydrogens (tertiary/aromatic N) is 4. The number of alkyl carbamates (subject to hydrolysis) is 1. The van der Waals surface area contributed by atoms with Crippen molar-refractivity contribution in [2.75, 3.05) is 48.8 Å². The standard InChI is InChI=1S/C30H30FN7O4/c31-23-16-20(8-11-34-30(40)42-19-21-4-2-1-3-5-21)6-7-22(23)24-18-35-28(32)27(36-24)29(39)37-25-17-33-10-9-26(25)38-12-14-41-15-13-38/h1-7,9-10,16-18H,8,11-15,19H2,(H2,32,35)(H,34,40)(H,37,39). The molecule has 1 fully saturated rings. The minimum absolute atomic E-state index is 0.0877. The van der Waals surface area contributed by atoms with E-state index >= 15 is 4.39 Å². The molecule has 4 aromatic rings. The third kappa shape index (κ3) is 7.15. The van der Waals surface area contributed by atoms with Gasteiger partial charge in [-0.1, -0.05) is 36.4 Å². The molecule has 0 unspecified atom stereocenters. The van der Waals surface area contributed by atoms with Crippen molar-refractivity contribution < 1.29 is 23.5 Å². The van der Waals surface area contributed by atoms with Crippen LogP contribution in [-0.4, -0.2) is 59.8 Å². The van der Waals surface area contributed by atoms with Crippen molar-refractivity contribution in [1.29, 1.82) is 0 Å². The van der Waals surface area contributed by atoms with Crippen LogP contribution in [0, 0.1) is 5.82 Å². The van der Waals surface area contributed by atoms with Gasteiger partial charge in [-0.2, -0.15) is 0 Å². The molecule has 0 radical (unpaired) electrons. The topological polar surface area (TPSA) is 145 Å². The summed E-state index contributed by atoms with van der Waals surface area (Å²) in [5.74, 6) is -1.23. The molecule has 1 aliphatic rings. The molecule has 0 saturated carbocycles. The monoisotopic (exact) mass is 571 g/mol. The number of rotatable bonds is 9. The highest BCUT2D eigenvalue weighted by Crippen LogP contribution is 2.27. The lowest BCUT2D eigenvalue weighted by atomic mass is 10.1. The molecule has 2 aromatic heterocycles. The van der Waals surface area contributed by atoms with Crippen molar-refractivity contribution in [2.24, 2.45) is 0 Å². The van der Waals surface area contributed by atoms with Gasteiger partial charge in [0.25, 0.3) is 5.91 Å².